The number of furan rings is 1. The fraction of sp³-hybridized carbons (Fsp3) is 0.125. The van der Waals surface area contributed by atoms with Gasteiger partial charge in [-0.1, -0.05) is 50.6 Å². The van der Waals surface area contributed by atoms with Gasteiger partial charge < -0.3 is 9.73 Å². The molecule has 3 aromatic rings. The number of benzene rings is 1. The van der Waals surface area contributed by atoms with Gasteiger partial charge >= 0.3 is 0 Å². The van der Waals surface area contributed by atoms with Crippen LogP contribution >= 0.6 is 50.6 Å². The molecule has 3 rings (SSSR count). The number of nitrogens with zero attached hydrogens (tertiary/aromatic N) is 2. The van der Waals surface area contributed by atoms with Crippen molar-refractivity contribution in [2.75, 3.05) is 11.1 Å². The molecule has 27 heavy (non-hydrogen) atoms. The number of carbonyl (C=O) groups is 2. The maximum Gasteiger partial charge on any atom is 0.259 e. The van der Waals surface area contributed by atoms with Gasteiger partial charge in [0.1, 0.15) is 5.76 Å². The second-order valence-corrected chi connectivity index (χ2v) is 8.62. The summed E-state index contributed by atoms with van der Waals surface area (Å²) in [6, 6.07) is 8.54. The van der Waals surface area contributed by atoms with Gasteiger partial charge in [-0.15, -0.1) is 10.2 Å². The van der Waals surface area contributed by atoms with Crippen molar-refractivity contribution < 1.29 is 14.0 Å². The first-order valence-corrected chi connectivity index (χ1v) is 10.5. The molecule has 2 N–H and O–H groups in total. The van der Waals surface area contributed by atoms with Crippen molar-refractivity contribution in [3.8, 4) is 0 Å². The van der Waals surface area contributed by atoms with E-state index in [1.165, 1.54) is 23.1 Å². The van der Waals surface area contributed by atoms with Crippen LogP contribution in [0.25, 0.3) is 0 Å². The Balaban J connectivity index is 1.50. The molecule has 0 aliphatic carbocycles. The molecule has 7 nitrogen and oxygen atoms in total. The summed E-state index contributed by atoms with van der Waals surface area (Å²) < 4.78 is 6.45. The lowest BCUT2D eigenvalue weighted by Gasteiger charge is -2.04. The van der Waals surface area contributed by atoms with Crippen LogP contribution in [0.3, 0.4) is 0 Å². The zero-order chi connectivity index (χ0) is 19.2. The molecule has 0 aliphatic rings. The highest BCUT2D eigenvalue weighted by molar-refractivity contribution is 9.10. The highest BCUT2D eigenvalue weighted by Gasteiger charge is 2.14. The minimum Gasteiger partial charge on any atom is -0.467 e. The van der Waals surface area contributed by atoms with Crippen LogP contribution in [-0.2, 0) is 11.3 Å². The molecule has 2 amide bonds. The smallest absolute Gasteiger partial charge is 0.259 e. The van der Waals surface area contributed by atoms with Gasteiger partial charge in [0.15, 0.2) is 4.34 Å². The number of anilines is 1. The van der Waals surface area contributed by atoms with Crippen LogP contribution in [0.15, 0.2) is 49.8 Å². The van der Waals surface area contributed by atoms with Gasteiger partial charge in [-0.3, -0.25) is 14.9 Å². The number of aromatic nitrogens is 2. The molecule has 2 aromatic heterocycles. The molecule has 11 heteroatoms. The minimum absolute atomic E-state index is 0.155. The Morgan fingerprint density at radius 2 is 2.15 bits per heavy atom. The average Bonchev–Trinajstić information content (AvgIpc) is 3.32. The normalized spacial score (nSPS) is 10.6. The van der Waals surface area contributed by atoms with E-state index in [0.29, 0.717) is 32.4 Å². The zero-order valence-corrected chi connectivity index (χ0v) is 17.5. The van der Waals surface area contributed by atoms with E-state index in [4.69, 9.17) is 16.0 Å². The highest BCUT2D eigenvalue weighted by Crippen LogP contribution is 2.27. The number of rotatable bonds is 7. The molecule has 0 unspecified atom stereocenters. The van der Waals surface area contributed by atoms with Crippen LogP contribution in [-0.4, -0.2) is 27.8 Å². The van der Waals surface area contributed by atoms with Crippen molar-refractivity contribution in [3.05, 3.63) is 57.4 Å². The number of thioether (sulfide) groups is 1. The molecule has 0 saturated heterocycles. The van der Waals surface area contributed by atoms with E-state index in [-0.39, 0.29) is 17.6 Å². The van der Waals surface area contributed by atoms with Gasteiger partial charge in [-0.05, 0) is 30.3 Å². The number of hydrogen-bond donors (Lipinski definition) is 2. The Bertz CT molecular complexity index is 949. The molecule has 0 atom stereocenters. The summed E-state index contributed by atoms with van der Waals surface area (Å²) in [5.74, 6) is 0.324. The maximum atomic E-state index is 12.3. The highest BCUT2D eigenvalue weighted by atomic mass is 79.9. The summed E-state index contributed by atoms with van der Waals surface area (Å²) >= 11 is 11.8. The first kappa shape index (κ1) is 19.9. The topological polar surface area (TPSA) is 97.1 Å². The van der Waals surface area contributed by atoms with Crippen LogP contribution in [0.2, 0.25) is 5.02 Å². The molecule has 0 radical (unpaired) electrons. The second kappa shape index (κ2) is 9.36. The monoisotopic (exact) mass is 486 g/mol. The number of nitrogens with one attached hydrogen (secondary N) is 2. The van der Waals surface area contributed by atoms with E-state index in [1.54, 1.807) is 36.6 Å². The van der Waals surface area contributed by atoms with E-state index < -0.39 is 0 Å². The van der Waals surface area contributed by atoms with E-state index in [2.05, 4.69) is 36.8 Å². The Kier molecular flexibility index (Phi) is 6.89. The first-order chi connectivity index (χ1) is 13.0. The Labute approximate surface area is 176 Å². The molecule has 0 bridgehead atoms. The van der Waals surface area contributed by atoms with Crippen LogP contribution < -0.4 is 10.6 Å². The Hall–Kier alpha value is -1.88. The van der Waals surface area contributed by atoms with Crippen molar-refractivity contribution in [3.63, 3.8) is 0 Å². The van der Waals surface area contributed by atoms with Crippen molar-refractivity contribution in [2.24, 2.45) is 0 Å². The maximum absolute atomic E-state index is 12.3. The molecular formula is C16H12BrClN4O3S2. The standard InChI is InChI=1S/C16H12BrClN4O3S2/c17-9-3-4-12(18)11(6-9)14(24)20-15-21-22-16(27-15)26-8-13(23)19-7-10-2-1-5-25-10/h1-6H,7-8H2,(H,19,23)(H,20,21,24). The Morgan fingerprint density at radius 3 is 2.93 bits per heavy atom. The quantitative estimate of drug-likeness (QED) is 0.383. The number of halogens is 2. The molecular weight excluding hydrogens is 476 g/mol. The molecule has 140 valence electrons. The summed E-state index contributed by atoms with van der Waals surface area (Å²) in [7, 11) is 0. The van der Waals surface area contributed by atoms with Crippen LogP contribution in [0.1, 0.15) is 16.1 Å². The predicted molar refractivity (Wildman–Crippen MR) is 108 cm³/mol. The van der Waals surface area contributed by atoms with E-state index >= 15 is 0 Å². The van der Waals surface area contributed by atoms with E-state index in [9.17, 15) is 9.59 Å². The fourth-order valence-electron chi connectivity index (χ4n) is 1.93. The predicted octanol–water partition coefficient (Wildman–Crippen LogP) is 4.21. The van der Waals surface area contributed by atoms with Crippen molar-refractivity contribution in [1.29, 1.82) is 0 Å². The van der Waals surface area contributed by atoms with E-state index in [0.717, 1.165) is 4.47 Å². The summed E-state index contributed by atoms with van der Waals surface area (Å²) in [6.45, 7) is 0.331. The number of amides is 2. The molecule has 0 saturated carbocycles. The van der Waals surface area contributed by atoms with Crippen LogP contribution in [0.5, 0.6) is 0 Å². The first-order valence-electron chi connectivity index (χ1n) is 7.53. The van der Waals surface area contributed by atoms with Gasteiger partial charge in [-0.25, -0.2) is 0 Å². The lowest BCUT2D eigenvalue weighted by Crippen LogP contribution is -2.24. The average molecular weight is 488 g/mol. The summed E-state index contributed by atoms with van der Waals surface area (Å²) in [5.41, 5.74) is 0.327. The zero-order valence-electron chi connectivity index (χ0n) is 13.6. The lowest BCUT2D eigenvalue weighted by molar-refractivity contribution is -0.118. The molecule has 1 aromatic carbocycles. The summed E-state index contributed by atoms with van der Waals surface area (Å²) in [6.07, 6.45) is 1.55. The number of hydrogen-bond acceptors (Lipinski definition) is 7. The van der Waals surface area contributed by atoms with Crippen LogP contribution in [0.4, 0.5) is 5.13 Å². The van der Waals surface area contributed by atoms with Crippen molar-refractivity contribution in [1.82, 2.24) is 15.5 Å². The second-order valence-electron chi connectivity index (χ2n) is 5.10. The lowest BCUT2D eigenvalue weighted by atomic mass is 10.2. The largest absolute Gasteiger partial charge is 0.467 e. The third-order valence-corrected chi connectivity index (χ3v) is 5.96. The molecule has 0 fully saturated rings. The third-order valence-electron chi connectivity index (χ3n) is 3.17. The Morgan fingerprint density at radius 1 is 1.30 bits per heavy atom. The van der Waals surface area contributed by atoms with Gasteiger partial charge in [0.05, 0.1) is 29.1 Å². The SMILES string of the molecule is O=C(CSc1nnc(NC(=O)c2cc(Br)ccc2Cl)s1)NCc1ccco1. The van der Waals surface area contributed by atoms with Crippen LogP contribution in [0, 0.1) is 0 Å². The fourth-order valence-corrected chi connectivity index (χ4v) is 4.07. The van der Waals surface area contributed by atoms with Gasteiger partial charge in [0.2, 0.25) is 11.0 Å². The summed E-state index contributed by atoms with van der Waals surface area (Å²) in [5, 5.41) is 13.9. The van der Waals surface area contributed by atoms with E-state index in [1.807, 2.05) is 0 Å². The third kappa shape index (κ3) is 5.80. The number of carbonyl (C=O) groups excluding carboxylic acids is 2. The summed E-state index contributed by atoms with van der Waals surface area (Å²) in [4.78, 5) is 24.1. The molecule has 0 aliphatic heterocycles. The molecule has 2 heterocycles. The van der Waals surface area contributed by atoms with Crippen molar-refractivity contribution >= 4 is 67.6 Å². The van der Waals surface area contributed by atoms with Gasteiger partial charge in [0, 0.05) is 4.47 Å². The van der Waals surface area contributed by atoms with Gasteiger partial charge in [-0.2, -0.15) is 0 Å². The van der Waals surface area contributed by atoms with Gasteiger partial charge in [0.25, 0.3) is 5.91 Å². The molecule has 0 spiro atoms. The minimum atomic E-state index is -0.384. The van der Waals surface area contributed by atoms with Crippen molar-refractivity contribution in [2.45, 2.75) is 10.9 Å².